The average molecular weight is 414 g/mol. The number of nitrogens with zero attached hydrogens (tertiary/aromatic N) is 5. The van der Waals surface area contributed by atoms with Crippen LogP contribution in [-0.4, -0.2) is 44.2 Å². The van der Waals surface area contributed by atoms with Crippen LogP contribution in [0.5, 0.6) is 0 Å². The van der Waals surface area contributed by atoms with Gasteiger partial charge >= 0.3 is 0 Å². The van der Waals surface area contributed by atoms with E-state index in [0.29, 0.717) is 18.8 Å². The van der Waals surface area contributed by atoms with Crippen LogP contribution < -0.4 is 0 Å². The lowest BCUT2D eigenvalue weighted by Gasteiger charge is -2.20. The Morgan fingerprint density at radius 1 is 0.968 bits per heavy atom. The van der Waals surface area contributed by atoms with E-state index in [-0.39, 0.29) is 5.91 Å². The zero-order valence-corrected chi connectivity index (χ0v) is 18.2. The molecular formula is C25H27N5O. The fourth-order valence-electron chi connectivity index (χ4n) is 3.76. The van der Waals surface area contributed by atoms with Crippen molar-refractivity contribution in [2.75, 3.05) is 14.1 Å². The topological polar surface area (TPSA) is 53.7 Å². The van der Waals surface area contributed by atoms with Gasteiger partial charge in [0, 0.05) is 45.3 Å². The van der Waals surface area contributed by atoms with Gasteiger partial charge in [-0.3, -0.25) is 14.7 Å². The van der Waals surface area contributed by atoms with Gasteiger partial charge in [0.25, 0.3) is 5.91 Å². The average Bonchev–Trinajstić information content (AvgIpc) is 3.14. The quantitative estimate of drug-likeness (QED) is 0.461. The minimum absolute atomic E-state index is 0.0731. The van der Waals surface area contributed by atoms with Crippen molar-refractivity contribution in [2.24, 2.45) is 0 Å². The van der Waals surface area contributed by atoms with Crippen molar-refractivity contribution >= 4 is 11.6 Å². The molecule has 0 unspecified atom stereocenters. The number of fused-ring (bicyclic) bond motifs is 1. The van der Waals surface area contributed by atoms with Crippen molar-refractivity contribution in [3.05, 3.63) is 101 Å². The molecule has 0 aliphatic carbocycles. The van der Waals surface area contributed by atoms with E-state index < -0.39 is 0 Å². The molecule has 3 aromatic heterocycles. The third-order valence-corrected chi connectivity index (χ3v) is 5.44. The highest BCUT2D eigenvalue weighted by atomic mass is 16.2. The first-order valence-corrected chi connectivity index (χ1v) is 10.4. The van der Waals surface area contributed by atoms with Gasteiger partial charge in [-0.15, -0.1) is 0 Å². The van der Waals surface area contributed by atoms with Crippen LogP contribution in [0.4, 0.5) is 0 Å². The molecular weight excluding hydrogens is 386 g/mol. The summed E-state index contributed by atoms with van der Waals surface area (Å²) in [5.74, 6) is -0.0731. The summed E-state index contributed by atoms with van der Waals surface area (Å²) in [6.45, 7) is 3.98. The number of pyridine rings is 2. The highest BCUT2D eigenvalue weighted by Crippen LogP contribution is 2.19. The third kappa shape index (κ3) is 4.64. The molecule has 0 atom stereocenters. The Bertz CT molecular complexity index is 1180. The molecule has 0 spiro atoms. The zero-order valence-electron chi connectivity index (χ0n) is 18.2. The summed E-state index contributed by atoms with van der Waals surface area (Å²) in [5.41, 5.74) is 5.65. The van der Waals surface area contributed by atoms with Gasteiger partial charge in [0.05, 0.1) is 5.69 Å². The number of hydrogen-bond acceptors (Lipinski definition) is 4. The van der Waals surface area contributed by atoms with Crippen LogP contribution in [0.2, 0.25) is 0 Å². The Labute approximate surface area is 182 Å². The van der Waals surface area contributed by atoms with Gasteiger partial charge in [-0.1, -0.05) is 36.4 Å². The van der Waals surface area contributed by atoms with Gasteiger partial charge in [0.2, 0.25) is 0 Å². The summed E-state index contributed by atoms with van der Waals surface area (Å²) < 4.78 is 2.01. The summed E-state index contributed by atoms with van der Waals surface area (Å²) in [7, 11) is 3.89. The number of imidazole rings is 1. The van der Waals surface area contributed by atoms with Gasteiger partial charge < -0.3 is 9.30 Å². The number of carbonyl (C=O) groups excluding carboxylic acids is 1. The van der Waals surface area contributed by atoms with E-state index in [1.54, 1.807) is 4.90 Å². The maximum Gasteiger partial charge on any atom is 0.274 e. The predicted molar refractivity (Wildman–Crippen MR) is 122 cm³/mol. The largest absolute Gasteiger partial charge is 0.336 e. The van der Waals surface area contributed by atoms with Crippen LogP contribution in [-0.2, 0) is 19.6 Å². The second kappa shape index (κ2) is 9.10. The highest BCUT2D eigenvalue weighted by molar-refractivity contribution is 5.94. The van der Waals surface area contributed by atoms with Gasteiger partial charge in [0.15, 0.2) is 5.69 Å². The van der Waals surface area contributed by atoms with Crippen molar-refractivity contribution in [1.29, 1.82) is 0 Å². The fourth-order valence-corrected chi connectivity index (χ4v) is 3.76. The Hall–Kier alpha value is -3.51. The molecule has 1 amide bonds. The maximum absolute atomic E-state index is 13.4. The molecule has 0 bridgehead atoms. The molecule has 3 heterocycles. The lowest BCUT2D eigenvalue weighted by Crippen LogP contribution is -2.29. The maximum atomic E-state index is 13.4. The monoisotopic (exact) mass is 413 g/mol. The van der Waals surface area contributed by atoms with E-state index in [0.717, 1.165) is 29.0 Å². The molecule has 0 saturated carbocycles. The molecule has 0 N–H and O–H groups in total. The van der Waals surface area contributed by atoms with Crippen molar-refractivity contribution in [3.63, 3.8) is 0 Å². The molecule has 0 aliphatic heterocycles. The summed E-state index contributed by atoms with van der Waals surface area (Å²) in [4.78, 5) is 26.2. The number of rotatable bonds is 7. The van der Waals surface area contributed by atoms with Crippen molar-refractivity contribution in [1.82, 2.24) is 24.2 Å². The lowest BCUT2D eigenvalue weighted by molar-refractivity contribution is 0.0777. The fraction of sp³-hybridized carbons (Fsp3) is 0.240. The standard InChI is InChI=1S/C25H27N5O/c1-19-15-26-13-12-21(19)17-28(2)18-22-24(27-23-11-7-8-14-30(22)23)25(31)29(3)16-20-9-5-4-6-10-20/h4-15H,16-18H2,1-3H3. The second-order valence-electron chi connectivity index (χ2n) is 7.96. The smallest absolute Gasteiger partial charge is 0.274 e. The van der Waals surface area contributed by atoms with E-state index in [1.807, 2.05) is 84.6 Å². The van der Waals surface area contributed by atoms with Crippen LogP contribution in [0.3, 0.4) is 0 Å². The van der Waals surface area contributed by atoms with Crippen LogP contribution in [0.25, 0.3) is 5.65 Å². The van der Waals surface area contributed by atoms with E-state index in [9.17, 15) is 4.79 Å². The van der Waals surface area contributed by atoms with Gasteiger partial charge in [-0.05, 0) is 48.9 Å². The van der Waals surface area contributed by atoms with Gasteiger partial charge in [0.1, 0.15) is 5.65 Å². The number of aryl methyl sites for hydroxylation is 1. The molecule has 158 valence electrons. The van der Waals surface area contributed by atoms with E-state index >= 15 is 0 Å². The predicted octanol–water partition coefficient (Wildman–Crippen LogP) is 3.94. The van der Waals surface area contributed by atoms with Crippen molar-refractivity contribution < 1.29 is 4.79 Å². The first-order valence-electron chi connectivity index (χ1n) is 10.4. The molecule has 6 nitrogen and oxygen atoms in total. The van der Waals surface area contributed by atoms with Gasteiger partial charge in [-0.2, -0.15) is 0 Å². The van der Waals surface area contributed by atoms with Crippen LogP contribution >= 0.6 is 0 Å². The summed E-state index contributed by atoms with van der Waals surface area (Å²) in [6.07, 6.45) is 5.67. The Kier molecular flexibility index (Phi) is 6.09. The lowest BCUT2D eigenvalue weighted by atomic mass is 10.1. The highest BCUT2D eigenvalue weighted by Gasteiger charge is 2.23. The third-order valence-electron chi connectivity index (χ3n) is 5.44. The number of carbonyl (C=O) groups is 1. The Morgan fingerprint density at radius 2 is 1.74 bits per heavy atom. The molecule has 6 heteroatoms. The molecule has 4 aromatic rings. The minimum atomic E-state index is -0.0731. The summed E-state index contributed by atoms with van der Waals surface area (Å²) >= 11 is 0. The molecule has 0 radical (unpaired) electrons. The van der Waals surface area contributed by atoms with Crippen molar-refractivity contribution in [2.45, 2.75) is 26.6 Å². The minimum Gasteiger partial charge on any atom is -0.336 e. The van der Waals surface area contributed by atoms with E-state index in [2.05, 4.69) is 28.8 Å². The number of amides is 1. The Balaban J connectivity index is 1.61. The summed E-state index contributed by atoms with van der Waals surface area (Å²) in [6, 6.07) is 17.9. The number of hydrogen-bond donors (Lipinski definition) is 0. The van der Waals surface area contributed by atoms with E-state index in [4.69, 9.17) is 0 Å². The molecule has 0 aliphatic rings. The second-order valence-corrected chi connectivity index (χ2v) is 7.96. The Morgan fingerprint density at radius 3 is 2.52 bits per heavy atom. The van der Waals surface area contributed by atoms with Crippen LogP contribution in [0.15, 0.2) is 73.2 Å². The number of aromatic nitrogens is 3. The SMILES string of the molecule is Cc1cnccc1CN(C)Cc1c(C(=O)N(C)Cc2ccccc2)nc2ccccn12. The molecule has 4 rings (SSSR count). The van der Waals surface area contributed by atoms with Gasteiger partial charge in [-0.25, -0.2) is 4.98 Å². The molecule has 0 saturated heterocycles. The molecule has 1 aromatic carbocycles. The first-order chi connectivity index (χ1) is 15.0. The normalized spacial score (nSPS) is 11.2. The van der Waals surface area contributed by atoms with Crippen molar-refractivity contribution in [3.8, 4) is 0 Å². The zero-order chi connectivity index (χ0) is 21.8. The molecule has 0 fully saturated rings. The first kappa shape index (κ1) is 20.8. The van der Waals surface area contributed by atoms with Crippen LogP contribution in [0.1, 0.15) is 32.9 Å². The summed E-state index contributed by atoms with van der Waals surface area (Å²) in [5, 5.41) is 0. The number of benzene rings is 1. The molecule has 31 heavy (non-hydrogen) atoms. The van der Waals surface area contributed by atoms with E-state index in [1.165, 1.54) is 5.56 Å². The van der Waals surface area contributed by atoms with Crippen LogP contribution in [0, 0.1) is 6.92 Å².